The van der Waals surface area contributed by atoms with Crippen molar-refractivity contribution in [3.8, 4) is 0 Å². The smallest absolute Gasteiger partial charge is 0.363 e. The average Bonchev–Trinajstić information content (AvgIpc) is 2.91. The molecule has 1 aliphatic rings. The maximum absolute atomic E-state index is 11.9. The van der Waals surface area contributed by atoms with E-state index in [0.717, 1.165) is 5.56 Å². The van der Waals surface area contributed by atoms with Crippen molar-refractivity contribution in [2.24, 2.45) is 4.99 Å². The zero-order valence-corrected chi connectivity index (χ0v) is 13.3. The first-order valence-electron chi connectivity index (χ1n) is 6.97. The molecule has 1 heterocycles. The van der Waals surface area contributed by atoms with Crippen LogP contribution in [0.25, 0.3) is 6.08 Å². The van der Waals surface area contributed by atoms with E-state index in [2.05, 4.69) is 4.99 Å². The van der Waals surface area contributed by atoms with Crippen LogP contribution in [0, 0.1) is 17.0 Å². The Morgan fingerprint density at radius 3 is 2.54 bits per heavy atom. The van der Waals surface area contributed by atoms with Crippen molar-refractivity contribution in [2.75, 3.05) is 0 Å². The molecule has 0 aliphatic carbocycles. The number of aliphatic imine (C=N–C) groups is 1. The predicted molar refractivity (Wildman–Crippen MR) is 89.9 cm³/mol. The number of carbonyl (C=O) groups excluding carboxylic acids is 1. The summed E-state index contributed by atoms with van der Waals surface area (Å²) in [4.78, 5) is 26.3. The number of ether oxygens (including phenoxy) is 1. The molecule has 0 N–H and O–H groups in total. The molecule has 120 valence electrons. The highest BCUT2D eigenvalue weighted by Gasteiger charge is 2.24. The standard InChI is InChI=1S/C17H11ClN2O4/c1-10-2-5-12(9-14(10)18)16-19-15(17(21)24-16)8-11-3-6-13(7-4-11)20(22)23/h2-9H,1H3/b15-8-. The van der Waals surface area contributed by atoms with Crippen molar-refractivity contribution in [3.05, 3.63) is 80.0 Å². The minimum absolute atomic E-state index is 0.0235. The van der Waals surface area contributed by atoms with Crippen molar-refractivity contribution >= 4 is 35.2 Å². The van der Waals surface area contributed by atoms with E-state index >= 15 is 0 Å². The second kappa shape index (κ2) is 6.25. The molecule has 0 unspecified atom stereocenters. The number of hydrogen-bond donors (Lipinski definition) is 0. The zero-order chi connectivity index (χ0) is 17.3. The molecule has 0 spiro atoms. The summed E-state index contributed by atoms with van der Waals surface area (Å²) >= 11 is 6.07. The summed E-state index contributed by atoms with van der Waals surface area (Å²) in [5, 5.41) is 11.2. The van der Waals surface area contributed by atoms with Gasteiger partial charge in [-0.2, -0.15) is 0 Å². The first-order valence-corrected chi connectivity index (χ1v) is 7.35. The molecule has 0 bridgehead atoms. The van der Waals surface area contributed by atoms with E-state index in [1.54, 1.807) is 12.1 Å². The molecule has 0 saturated heterocycles. The van der Waals surface area contributed by atoms with Crippen LogP contribution in [0.4, 0.5) is 5.69 Å². The highest BCUT2D eigenvalue weighted by Crippen LogP contribution is 2.23. The molecule has 2 aromatic carbocycles. The van der Waals surface area contributed by atoms with E-state index in [-0.39, 0.29) is 17.3 Å². The minimum Gasteiger partial charge on any atom is -0.402 e. The maximum atomic E-state index is 11.9. The first kappa shape index (κ1) is 15.9. The monoisotopic (exact) mass is 342 g/mol. The van der Waals surface area contributed by atoms with Crippen molar-refractivity contribution in [3.63, 3.8) is 0 Å². The second-order valence-corrected chi connectivity index (χ2v) is 5.56. The van der Waals surface area contributed by atoms with Crippen LogP contribution < -0.4 is 0 Å². The highest BCUT2D eigenvalue weighted by atomic mass is 35.5. The third-order valence-electron chi connectivity index (χ3n) is 3.45. The van der Waals surface area contributed by atoms with Gasteiger partial charge in [0.25, 0.3) is 5.69 Å². The summed E-state index contributed by atoms with van der Waals surface area (Å²) in [5.74, 6) is -0.407. The molecule has 0 amide bonds. The van der Waals surface area contributed by atoms with E-state index in [1.165, 1.54) is 30.3 Å². The van der Waals surface area contributed by atoms with Gasteiger partial charge in [0.1, 0.15) is 0 Å². The summed E-state index contributed by atoms with van der Waals surface area (Å²) in [6.45, 7) is 1.87. The van der Waals surface area contributed by atoms with E-state index in [9.17, 15) is 14.9 Å². The number of nitrogens with zero attached hydrogens (tertiary/aromatic N) is 2. The van der Waals surface area contributed by atoms with Gasteiger partial charge in [-0.25, -0.2) is 9.79 Å². The molecule has 0 atom stereocenters. The molecule has 0 fully saturated rings. The van der Waals surface area contributed by atoms with Gasteiger partial charge in [0.2, 0.25) is 5.90 Å². The van der Waals surface area contributed by atoms with Gasteiger partial charge >= 0.3 is 5.97 Å². The number of nitro groups is 1. The summed E-state index contributed by atoms with van der Waals surface area (Å²) in [5.41, 5.74) is 2.22. The Morgan fingerprint density at radius 2 is 1.92 bits per heavy atom. The minimum atomic E-state index is -0.583. The zero-order valence-electron chi connectivity index (χ0n) is 12.5. The largest absolute Gasteiger partial charge is 0.402 e. The van der Waals surface area contributed by atoms with Crippen LogP contribution in [0.2, 0.25) is 5.02 Å². The Hall–Kier alpha value is -2.99. The van der Waals surface area contributed by atoms with Crippen LogP contribution in [-0.2, 0) is 9.53 Å². The molecule has 0 aromatic heterocycles. The molecular formula is C17H11ClN2O4. The van der Waals surface area contributed by atoms with Gasteiger partial charge < -0.3 is 4.74 Å². The van der Waals surface area contributed by atoms with E-state index in [0.29, 0.717) is 16.1 Å². The second-order valence-electron chi connectivity index (χ2n) is 5.15. The first-order chi connectivity index (χ1) is 11.4. The fourth-order valence-corrected chi connectivity index (χ4v) is 2.29. The molecule has 7 heteroatoms. The van der Waals surface area contributed by atoms with E-state index in [1.807, 2.05) is 13.0 Å². The average molecular weight is 343 g/mol. The number of nitro benzene ring substituents is 1. The number of carbonyl (C=O) groups is 1. The Morgan fingerprint density at radius 1 is 1.21 bits per heavy atom. The number of rotatable bonds is 3. The van der Waals surface area contributed by atoms with Gasteiger partial charge in [-0.1, -0.05) is 17.7 Å². The molecule has 0 saturated carbocycles. The van der Waals surface area contributed by atoms with Crippen LogP contribution >= 0.6 is 11.6 Å². The van der Waals surface area contributed by atoms with Gasteiger partial charge in [0, 0.05) is 22.7 Å². The lowest BCUT2D eigenvalue weighted by Crippen LogP contribution is -2.05. The van der Waals surface area contributed by atoms with E-state index in [4.69, 9.17) is 16.3 Å². The number of esters is 1. The Bertz CT molecular complexity index is 901. The molecule has 1 aliphatic heterocycles. The number of hydrogen-bond acceptors (Lipinski definition) is 5. The predicted octanol–water partition coefficient (Wildman–Crippen LogP) is 3.90. The normalized spacial score (nSPS) is 15.3. The fourth-order valence-electron chi connectivity index (χ4n) is 2.11. The van der Waals surface area contributed by atoms with Gasteiger partial charge in [0.05, 0.1) is 4.92 Å². The van der Waals surface area contributed by atoms with Crippen LogP contribution in [-0.4, -0.2) is 16.8 Å². The Kier molecular flexibility index (Phi) is 4.14. The quantitative estimate of drug-likeness (QED) is 0.366. The lowest BCUT2D eigenvalue weighted by atomic mass is 10.1. The number of non-ortho nitro benzene ring substituents is 1. The van der Waals surface area contributed by atoms with Gasteiger partial charge in [-0.15, -0.1) is 0 Å². The van der Waals surface area contributed by atoms with Gasteiger partial charge in [-0.3, -0.25) is 10.1 Å². The van der Waals surface area contributed by atoms with Crippen LogP contribution in [0.15, 0.2) is 53.2 Å². The van der Waals surface area contributed by atoms with Crippen molar-refractivity contribution in [1.82, 2.24) is 0 Å². The maximum Gasteiger partial charge on any atom is 0.363 e. The summed E-state index contributed by atoms with van der Waals surface area (Å²) < 4.78 is 5.16. The lowest BCUT2D eigenvalue weighted by molar-refractivity contribution is -0.384. The third-order valence-corrected chi connectivity index (χ3v) is 3.85. The van der Waals surface area contributed by atoms with Gasteiger partial charge in [0.15, 0.2) is 5.70 Å². The Balaban J connectivity index is 1.90. The topological polar surface area (TPSA) is 81.8 Å². The molecule has 2 aromatic rings. The van der Waals surface area contributed by atoms with Crippen molar-refractivity contribution in [2.45, 2.75) is 6.92 Å². The number of benzene rings is 2. The van der Waals surface area contributed by atoms with E-state index < -0.39 is 10.9 Å². The summed E-state index contributed by atoms with van der Waals surface area (Å²) in [6, 6.07) is 11.0. The van der Waals surface area contributed by atoms with Crippen molar-refractivity contribution < 1.29 is 14.5 Å². The third kappa shape index (κ3) is 3.18. The van der Waals surface area contributed by atoms with Crippen LogP contribution in [0.3, 0.4) is 0 Å². The fraction of sp³-hybridized carbons (Fsp3) is 0.0588. The SMILES string of the molecule is Cc1ccc(C2=N/C(=C\c3ccc([N+](=O)[O-])cc3)C(=O)O2)cc1Cl. The summed E-state index contributed by atoms with van der Waals surface area (Å²) in [6.07, 6.45) is 1.51. The van der Waals surface area contributed by atoms with Crippen LogP contribution in [0.5, 0.6) is 0 Å². The highest BCUT2D eigenvalue weighted by molar-refractivity contribution is 6.31. The molecule has 0 radical (unpaired) electrons. The summed E-state index contributed by atoms with van der Waals surface area (Å²) in [7, 11) is 0. The molecular weight excluding hydrogens is 332 g/mol. The number of cyclic esters (lactones) is 1. The molecule has 6 nitrogen and oxygen atoms in total. The molecule has 24 heavy (non-hydrogen) atoms. The van der Waals surface area contributed by atoms with Crippen molar-refractivity contribution in [1.29, 1.82) is 0 Å². The number of aryl methyl sites for hydroxylation is 1. The van der Waals surface area contributed by atoms with Gasteiger partial charge in [-0.05, 0) is 48.4 Å². The lowest BCUT2D eigenvalue weighted by Gasteiger charge is -2.02. The van der Waals surface area contributed by atoms with Crippen LogP contribution in [0.1, 0.15) is 16.7 Å². The number of halogens is 1. The Labute approximate surface area is 142 Å². The molecule has 3 rings (SSSR count).